The maximum atomic E-state index is 12.7. The van der Waals surface area contributed by atoms with Gasteiger partial charge < -0.3 is 14.2 Å². The molecule has 2 saturated heterocycles. The predicted octanol–water partition coefficient (Wildman–Crippen LogP) is 3.11. The maximum absolute atomic E-state index is 12.7. The summed E-state index contributed by atoms with van der Waals surface area (Å²) in [5, 5.41) is 1.16. The van der Waals surface area contributed by atoms with Crippen molar-refractivity contribution >= 4 is 33.3 Å². The van der Waals surface area contributed by atoms with Gasteiger partial charge in [0.2, 0.25) is 0 Å². The number of nitrogens with zero attached hydrogens (tertiary/aromatic N) is 5. The van der Waals surface area contributed by atoms with E-state index in [-0.39, 0.29) is 17.5 Å². The SMILES string of the molecule is Cc1sc2ncnc(N3CCC4(CC3)CC(Cn3ccnc3)OC4=O)c2c1C. The van der Waals surface area contributed by atoms with E-state index in [4.69, 9.17) is 4.74 Å². The lowest BCUT2D eigenvalue weighted by atomic mass is 9.76. The number of carbonyl (C=O) groups excluding carboxylic acids is 1. The normalized spacial score (nSPS) is 21.6. The molecule has 5 heterocycles. The molecule has 0 bridgehead atoms. The first-order valence-corrected chi connectivity index (χ1v) is 10.5. The molecule has 2 fully saturated rings. The van der Waals surface area contributed by atoms with Gasteiger partial charge in [-0.25, -0.2) is 15.0 Å². The van der Waals surface area contributed by atoms with Crippen LogP contribution in [-0.4, -0.2) is 44.7 Å². The summed E-state index contributed by atoms with van der Waals surface area (Å²) in [6.07, 6.45) is 9.41. The standard InChI is InChI=1S/C20H23N5O2S/c1-13-14(2)28-18-16(13)17(22-11-23-18)25-6-3-20(4-7-25)9-15(27-19(20)26)10-24-8-5-21-12-24/h5,8,11-12,15H,3-4,6-7,9-10H2,1-2H3. The number of esters is 1. The van der Waals surface area contributed by atoms with Crippen LogP contribution < -0.4 is 4.90 Å². The first kappa shape index (κ1) is 17.6. The molecule has 8 heteroatoms. The van der Waals surface area contributed by atoms with Crippen LogP contribution in [0.1, 0.15) is 29.7 Å². The van der Waals surface area contributed by atoms with Crippen LogP contribution in [0.15, 0.2) is 25.0 Å². The highest BCUT2D eigenvalue weighted by Gasteiger charge is 2.50. The van der Waals surface area contributed by atoms with Gasteiger partial charge >= 0.3 is 5.97 Å². The van der Waals surface area contributed by atoms with Crippen molar-refractivity contribution in [1.29, 1.82) is 0 Å². The molecule has 5 rings (SSSR count). The summed E-state index contributed by atoms with van der Waals surface area (Å²) in [6.45, 7) is 6.57. The fraction of sp³-hybridized carbons (Fsp3) is 0.500. The molecule has 1 atom stereocenters. The first-order chi connectivity index (χ1) is 13.6. The largest absolute Gasteiger partial charge is 0.460 e. The van der Waals surface area contributed by atoms with Crippen molar-refractivity contribution in [2.24, 2.45) is 5.41 Å². The van der Waals surface area contributed by atoms with Gasteiger partial charge in [0, 0.05) is 36.8 Å². The maximum Gasteiger partial charge on any atom is 0.312 e. The number of anilines is 1. The number of hydrogen-bond acceptors (Lipinski definition) is 7. The molecule has 0 radical (unpaired) electrons. The summed E-state index contributed by atoms with van der Waals surface area (Å²) in [4.78, 5) is 30.5. The van der Waals surface area contributed by atoms with E-state index in [1.807, 2.05) is 10.8 Å². The summed E-state index contributed by atoms with van der Waals surface area (Å²) in [5.41, 5.74) is 0.907. The Morgan fingerprint density at radius 1 is 1.29 bits per heavy atom. The minimum absolute atomic E-state index is 0.0346. The van der Waals surface area contributed by atoms with Gasteiger partial charge in [-0.05, 0) is 32.3 Å². The molecular weight excluding hydrogens is 374 g/mol. The molecule has 7 nitrogen and oxygen atoms in total. The first-order valence-electron chi connectivity index (χ1n) is 9.68. The van der Waals surface area contributed by atoms with E-state index in [9.17, 15) is 4.79 Å². The lowest BCUT2D eigenvalue weighted by Crippen LogP contribution is -2.43. The van der Waals surface area contributed by atoms with Crippen LogP contribution in [0.3, 0.4) is 0 Å². The van der Waals surface area contributed by atoms with E-state index in [0.29, 0.717) is 6.54 Å². The van der Waals surface area contributed by atoms with Crippen LogP contribution in [0.25, 0.3) is 10.2 Å². The van der Waals surface area contributed by atoms with Gasteiger partial charge in [0.15, 0.2) is 0 Å². The smallest absolute Gasteiger partial charge is 0.312 e. The fourth-order valence-electron chi connectivity index (χ4n) is 4.53. The number of thiophene rings is 1. The minimum atomic E-state index is -0.354. The molecule has 0 saturated carbocycles. The van der Waals surface area contributed by atoms with Crippen LogP contribution in [0, 0.1) is 19.3 Å². The zero-order chi connectivity index (χ0) is 19.3. The van der Waals surface area contributed by atoms with Crippen LogP contribution in [-0.2, 0) is 16.1 Å². The molecule has 28 heavy (non-hydrogen) atoms. The summed E-state index contributed by atoms with van der Waals surface area (Å²) in [6, 6.07) is 0. The van der Waals surface area contributed by atoms with Gasteiger partial charge in [-0.2, -0.15) is 0 Å². The van der Waals surface area contributed by atoms with Crippen molar-refractivity contribution in [2.75, 3.05) is 18.0 Å². The van der Waals surface area contributed by atoms with E-state index in [1.165, 1.54) is 10.4 Å². The van der Waals surface area contributed by atoms with Crippen molar-refractivity contribution in [1.82, 2.24) is 19.5 Å². The summed E-state index contributed by atoms with van der Waals surface area (Å²) in [7, 11) is 0. The molecule has 0 aromatic carbocycles. The van der Waals surface area contributed by atoms with Crippen molar-refractivity contribution < 1.29 is 9.53 Å². The molecule has 0 N–H and O–H groups in total. The topological polar surface area (TPSA) is 73.1 Å². The Morgan fingerprint density at radius 2 is 2.11 bits per heavy atom. The Hall–Kier alpha value is -2.48. The predicted molar refractivity (Wildman–Crippen MR) is 107 cm³/mol. The van der Waals surface area contributed by atoms with Crippen LogP contribution in [0.4, 0.5) is 5.82 Å². The Balaban J connectivity index is 1.33. The highest BCUT2D eigenvalue weighted by atomic mass is 32.1. The molecule has 2 aliphatic heterocycles. The Kier molecular flexibility index (Phi) is 4.12. The number of aromatic nitrogens is 4. The monoisotopic (exact) mass is 397 g/mol. The van der Waals surface area contributed by atoms with Gasteiger partial charge in [-0.3, -0.25) is 4.79 Å². The summed E-state index contributed by atoms with van der Waals surface area (Å²) < 4.78 is 7.71. The molecule has 3 aromatic heterocycles. The van der Waals surface area contributed by atoms with Crippen LogP contribution >= 0.6 is 11.3 Å². The van der Waals surface area contributed by atoms with E-state index in [2.05, 4.69) is 33.7 Å². The molecule has 146 valence electrons. The van der Waals surface area contributed by atoms with E-state index < -0.39 is 0 Å². The molecule has 0 aliphatic carbocycles. The summed E-state index contributed by atoms with van der Waals surface area (Å²) >= 11 is 1.72. The Bertz CT molecular complexity index is 1020. The highest BCUT2D eigenvalue weighted by Crippen LogP contribution is 2.45. The number of ether oxygens (including phenoxy) is 1. The average molecular weight is 398 g/mol. The van der Waals surface area contributed by atoms with E-state index >= 15 is 0 Å². The summed E-state index contributed by atoms with van der Waals surface area (Å²) in [5.74, 6) is 0.968. The molecule has 3 aromatic rings. The highest BCUT2D eigenvalue weighted by molar-refractivity contribution is 7.18. The van der Waals surface area contributed by atoms with Crippen LogP contribution in [0.2, 0.25) is 0 Å². The molecule has 2 aliphatic rings. The number of hydrogen-bond donors (Lipinski definition) is 0. The van der Waals surface area contributed by atoms with Crippen molar-refractivity contribution in [3.8, 4) is 0 Å². The second-order valence-corrected chi connectivity index (χ2v) is 9.12. The van der Waals surface area contributed by atoms with Crippen molar-refractivity contribution in [3.05, 3.63) is 35.5 Å². The zero-order valence-electron chi connectivity index (χ0n) is 16.1. The zero-order valence-corrected chi connectivity index (χ0v) is 16.9. The van der Waals surface area contributed by atoms with Gasteiger partial charge in [0.05, 0.1) is 23.7 Å². The number of aryl methyl sites for hydroxylation is 2. The second-order valence-electron chi connectivity index (χ2n) is 7.92. The van der Waals surface area contributed by atoms with E-state index in [1.54, 1.807) is 30.2 Å². The van der Waals surface area contributed by atoms with Gasteiger partial charge in [0.25, 0.3) is 0 Å². The van der Waals surface area contributed by atoms with Gasteiger partial charge in [0.1, 0.15) is 23.1 Å². The number of rotatable bonds is 3. The van der Waals surface area contributed by atoms with Crippen LogP contribution in [0.5, 0.6) is 0 Å². The Morgan fingerprint density at radius 3 is 2.86 bits per heavy atom. The quantitative estimate of drug-likeness (QED) is 0.633. The second kappa shape index (κ2) is 6.55. The van der Waals surface area contributed by atoms with E-state index in [0.717, 1.165) is 48.4 Å². The Labute approximate surface area is 167 Å². The average Bonchev–Trinajstić information content (AvgIpc) is 3.37. The van der Waals surface area contributed by atoms with Gasteiger partial charge in [-0.1, -0.05) is 0 Å². The minimum Gasteiger partial charge on any atom is -0.460 e. The number of piperidine rings is 1. The molecular formula is C20H23N5O2S. The van der Waals surface area contributed by atoms with Crippen molar-refractivity contribution in [2.45, 2.75) is 45.8 Å². The molecule has 1 unspecified atom stereocenters. The lowest BCUT2D eigenvalue weighted by Gasteiger charge is -2.37. The third-order valence-electron chi connectivity index (χ3n) is 6.26. The lowest BCUT2D eigenvalue weighted by molar-refractivity contribution is -0.150. The molecule has 1 spiro atoms. The van der Waals surface area contributed by atoms with Crippen molar-refractivity contribution in [3.63, 3.8) is 0 Å². The third-order valence-corrected chi connectivity index (χ3v) is 7.38. The van der Waals surface area contributed by atoms with Gasteiger partial charge in [-0.15, -0.1) is 11.3 Å². The third kappa shape index (κ3) is 2.78. The number of imidazole rings is 1. The number of carbonyl (C=O) groups is 1. The fourth-order valence-corrected chi connectivity index (χ4v) is 5.52. The molecule has 0 amide bonds. The number of cyclic esters (lactones) is 1. The number of fused-ring (bicyclic) bond motifs is 1.